The highest BCUT2D eigenvalue weighted by atomic mass is 33.1. The monoisotopic (exact) mass is 360 g/mol. The molecule has 12 N–H and O–H groups in total. The lowest BCUT2D eigenvalue weighted by Crippen LogP contribution is -2.23. The molecule has 0 rings (SSSR count). The maximum absolute atomic E-state index is 8.56. The van der Waals surface area contributed by atoms with Crippen LogP contribution >= 0.6 is 21.6 Å². The minimum Gasteiger partial charge on any atom is -0.450 e. The topological polar surface area (TPSA) is 244 Å². The SMILES string of the molecule is NC(N)=NCCSSCCN=C(N)N.O=C(O)O.O=C(O)O. The van der Waals surface area contributed by atoms with Crippen molar-refractivity contribution in [2.75, 3.05) is 24.6 Å². The van der Waals surface area contributed by atoms with Gasteiger partial charge in [0, 0.05) is 11.5 Å². The quantitative estimate of drug-likeness (QED) is 0.122. The van der Waals surface area contributed by atoms with Gasteiger partial charge in [0.25, 0.3) is 0 Å². The highest BCUT2D eigenvalue weighted by Gasteiger charge is 1.90. The molecule has 0 radical (unpaired) electrons. The van der Waals surface area contributed by atoms with E-state index in [4.69, 9.17) is 52.9 Å². The van der Waals surface area contributed by atoms with Crippen molar-refractivity contribution in [1.82, 2.24) is 0 Å². The van der Waals surface area contributed by atoms with Crippen LogP contribution in [0.3, 0.4) is 0 Å². The van der Waals surface area contributed by atoms with Crippen LogP contribution in [0.4, 0.5) is 9.59 Å². The van der Waals surface area contributed by atoms with Gasteiger partial charge in [0.2, 0.25) is 0 Å². The number of guanidine groups is 2. The average Bonchev–Trinajstić information content (AvgIpc) is 2.30. The molecule has 0 aliphatic heterocycles. The molecule has 0 atom stereocenters. The van der Waals surface area contributed by atoms with E-state index in [1.54, 1.807) is 21.6 Å². The highest BCUT2D eigenvalue weighted by molar-refractivity contribution is 8.76. The van der Waals surface area contributed by atoms with Crippen molar-refractivity contribution in [1.29, 1.82) is 0 Å². The number of carboxylic acid groups (broad SMARTS) is 4. The van der Waals surface area contributed by atoms with E-state index in [-0.39, 0.29) is 11.9 Å². The molecule has 0 fully saturated rings. The van der Waals surface area contributed by atoms with Gasteiger partial charge in [-0.2, -0.15) is 0 Å². The van der Waals surface area contributed by atoms with Crippen LogP contribution in [-0.2, 0) is 0 Å². The zero-order valence-corrected chi connectivity index (χ0v) is 13.1. The van der Waals surface area contributed by atoms with Crippen molar-refractivity contribution < 1.29 is 30.0 Å². The molecule has 0 saturated carbocycles. The van der Waals surface area contributed by atoms with Gasteiger partial charge in [0.05, 0.1) is 13.1 Å². The first-order chi connectivity index (χ1) is 10.1. The number of aliphatic imine (C=N–C) groups is 2. The van der Waals surface area contributed by atoms with Gasteiger partial charge >= 0.3 is 12.3 Å². The maximum Gasteiger partial charge on any atom is 0.503 e. The first-order valence-corrected chi connectivity index (χ1v) is 7.77. The molecule has 0 aromatic rings. The van der Waals surface area contributed by atoms with E-state index in [2.05, 4.69) is 9.98 Å². The Morgan fingerprint density at radius 3 is 1.14 bits per heavy atom. The molecule has 0 aliphatic carbocycles. The Kier molecular flexibility index (Phi) is 21.1. The molecule has 22 heavy (non-hydrogen) atoms. The van der Waals surface area contributed by atoms with Gasteiger partial charge in [-0.1, -0.05) is 21.6 Å². The highest BCUT2D eigenvalue weighted by Crippen LogP contribution is 2.19. The van der Waals surface area contributed by atoms with Gasteiger partial charge in [0.1, 0.15) is 0 Å². The third-order valence-corrected chi connectivity index (χ3v) is 3.39. The molecular weight excluding hydrogens is 340 g/mol. The average molecular weight is 360 g/mol. The summed E-state index contributed by atoms with van der Waals surface area (Å²) in [7, 11) is 3.39. The third kappa shape index (κ3) is 64.9. The normalized spacial score (nSPS) is 8.18. The van der Waals surface area contributed by atoms with Crippen LogP contribution in [0, 0.1) is 0 Å². The standard InChI is InChI=1S/C6H16N6S2.2CH2O3/c7-5(8)11-1-3-13-14-4-2-12-6(9)10;2*2-1(3)4/h1-4H2,(H4,7,8,11)(H4,9,10,12);2*(H2,2,3,4). The van der Waals surface area contributed by atoms with E-state index < -0.39 is 12.3 Å². The molecule has 0 aliphatic rings. The van der Waals surface area contributed by atoms with Gasteiger partial charge in [-0.25, -0.2) is 9.59 Å². The van der Waals surface area contributed by atoms with Crippen LogP contribution in [0.1, 0.15) is 0 Å². The smallest absolute Gasteiger partial charge is 0.450 e. The van der Waals surface area contributed by atoms with E-state index in [1.807, 2.05) is 0 Å². The van der Waals surface area contributed by atoms with Gasteiger partial charge in [-0.3, -0.25) is 9.98 Å². The Morgan fingerprint density at radius 2 is 0.955 bits per heavy atom. The van der Waals surface area contributed by atoms with Gasteiger partial charge in [-0.15, -0.1) is 0 Å². The third-order valence-electron chi connectivity index (χ3n) is 1.02. The van der Waals surface area contributed by atoms with Crippen LogP contribution < -0.4 is 22.9 Å². The van der Waals surface area contributed by atoms with Crippen molar-refractivity contribution >= 4 is 45.8 Å². The van der Waals surface area contributed by atoms with Gasteiger partial charge in [0.15, 0.2) is 11.9 Å². The molecule has 12 nitrogen and oxygen atoms in total. The molecule has 0 aromatic heterocycles. The number of rotatable bonds is 7. The molecule has 0 amide bonds. The summed E-state index contributed by atoms with van der Waals surface area (Å²) in [5, 5.41) is 27.9. The second-order valence-corrected chi connectivity index (χ2v) is 5.52. The lowest BCUT2D eigenvalue weighted by atomic mass is 10.8. The lowest BCUT2D eigenvalue weighted by molar-refractivity contribution is 0.135. The molecule has 0 aromatic carbocycles. The second kappa shape index (κ2) is 18.8. The summed E-state index contributed by atoms with van der Waals surface area (Å²) in [6, 6.07) is 0. The summed E-state index contributed by atoms with van der Waals surface area (Å²) < 4.78 is 0. The minimum absolute atomic E-state index is 0.135. The van der Waals surface area contributed by atoms with E-state index in [0.29, 0.717) is 13.1 Å². The fourth-order valence-corrected chi connectivity index (χ4v) is 2.26. The second-order valence-electron chi connectivity index (χ2n) is 2.82. The lowest BCUT2D eigenvalue weighted by Gasteiger charge is -1.97. The summed E-state index contributed by atoms with van der Waals surface area (Å²) in [5.41, 5.74) is 20.6. The summed E-state index contributed by atoms with van der Waals surface area (Å²) >= 11 is 0. The predicted octanol–water partition coefficient (Wildman–Crippen LogP) is -0.641. The van der Waals surface area contributed by atoms with E-state index in [1.165, 1.54) is 0 Å². The fourth-order valence-electron chi connectivity index (χ4n) is 0.542. The Balaban J connectivity index is -0.000000372. The Bertz CT molecular complexity index is 317. The van der Waals surface area contributed by atoms with Crippen LogP contribution in [0.2, 0.25) is 0 Å². The fraction of sp³-hybridized carbons (Fsp3) is 0.500. The van der Waals surface area contributed by atoms with Crippen LogP contribution in [-0.4, -0.2) is 69.3 Å². The number of carbonyl (C=O) groups is 2. The molecule has 0 heterocycles. The first-order valence-electron chi connectivity index (χ1n) is 5.28. The van der Waals surface area contributed by atoms with Gasteiger partial charge in [-0.05, 0) is 0 Å². The zero-order chi connectivity index (χ0) is 18.0. The molecule has 0 bridgehead atoms. The molecule has 0 spiro atoms. The molecule has 0 saturated heterocycles. The minimum atomic E-state index is -1.83. The van der Waals surface area contributed by atoms with Crippen molar-refractivity contribution in [3.63, 3.8) is 0 Å². The number of hydrogen-bond acceptors (Lipinski definition) is 6. The molecule has 14 heteroatoms. The Labute approximate surface area is 134 Å². The van der Waals surface area contributed by atoms with Crippen molar-refractivity contribution in [3.05, 3.63) is 0 Å². The largest absolute Gasteiger partial charge is 0.503 e. The van der Waals surface area contributed by atoms with Crippen molar-refractivity contribution in [2.24, 2.45) is 32.9 Å². The summed E-state index contributed by atoms with van der Waals surface area (Å²) in [6.45, 7) is 1.28. The Hall–Kier alpha value is -2.22. The summed E-state index contributed by atoms with van der Waals surface area (Å²) in [6.07, 6.45) is -3.67. The molecule has 0 unspecified atom stereocenters. The molecule has 130 valence electrons. The molecular formula is C8H20N6O6S2. The first kappa shape index (κ1) is 24.8. The van der Waals surface area contributed by atoms with Crippen molar-refractivity contribution in [3.8, 4) is 0 Å². The van der Waals surface area contributed by atoms with Crippen molar-refractivity contribution in [2.45, 2.75) is 0 Å². The van der Waals surface area contributed by atoms with E-state index in [0.717, 1.165) is 11.5 Å². The van der Waals surface area contributed by atoms with E-state index in [9.17, 15) is 0 Å². The Morgan fingerprint density at radius 1 is 0.727 bits per heavy atom. The van der Waals surface area contributed by atoms with Crippen LogP contribution in [0.5, 0.6) is 0 Å². The van der Waals surface area contributed by atoms with E-state index >= 15 is 0 Å². The van der Waals surface area contributed by atoms with Gasteiger partial charge < -0.3 is 43.4 Å². The number of nitrogens with two attached hydrogens (primary N) is 4. The predicted molar refractivity (Wildman–Crippen MR) is 87.6 cm³/mol. The number of nitrogens with zero attached hydrogens (tertiary/aromatic N) is 2. The summed E-state index contributed by atoms with van der Waals surface area (Å²) in [5.74, 6) is 2.03. The summed E-state index contributed by atoms with van der Waals surface area (Å²) in [4.78, 5) is 24.8. The number of hydrogen-bond donors (Lipinski definition) is 8. The van der Waals surface area contributed by atoms with Crippen LogP contribution in [0.25, 0.3) is 0 Å². The zero-order valence-electron chi connectivity index (χ0n) is 11.5. The van der Waals surface area contributed by atoms with Crippen LogP contribution in [0.15, 0.2) is 9.98 Å². The maximum atomic E-state index is 8.56.